The molecular weight excluding hydrogens is 506 g/mol. The largest absolute Gasteiger partial charge is 0.234 e. The zero-order valence-corrected chi connectivity index (χ0v) is 23.5. The molecule has 0 saturated heterocycles. The van der Waals surface area contributed by atoms with Crippen molar-refractivity contribution in [3.63, 3.8) is 0 Å². The van der Waals surface area contributed by atoms with Crippen LogP contribution in [0.3, 0.4) is 0 Å². The summed E-state index contributed by atoms with van der Waals surface area (Å²) >= 11 is 0. The molecule has 41 heavy (non-hydrogen) atoms. The first-order valence-corrected chi connectivity index (χ1v) is 14.5. The van der Waals surface area contributed by atoms with Crippen LogP contribution in [0.4, 0.5) is 0 Å². The van der Waals surface area contributed by atoms with Crippen LogP contribution in [-0.4, -0.2) is 35.2 Å². The van der Waals surface area contributed by atoms with Gasteiger partial charge in [0.05, 0.1) is 5.69 Å². The van der Waals surface area contributed by atoms with E-state index in [-0.39, 0.29) is 0 Å². The maximum absolute atomic E-state index is 5.11. The molecule has 1 saturated carbocycles. The van der Waals surface area contributed by atoms with Gasteiger partial charge in [0.2, 0.25) is 5.82 Å². The third-order valence-electron chi connectivity index (χ3n) is 8.33. The number of nitrogens with zero attached hydrogens (tertiary/aromatic N) is 6. The first kappa shape index (κ1) is 25.3. The molecule has 0 aliphatic heterocycles. The minimum atomic E-state index is 0.524. The van der Waals surface area contributed by atoms with Crippen molar-refractivity contribution in [2.24, 2.45) is 0 Å². The van der Waals surface area contributed by atoms with Gasteiger partial charge in [0.25, 0.3) is 0 Å². The van der Waals surface area contributed by atoms with Gasteiger partial charge in [-0.1, -0.05) is 85.6 Å². The van der Waals surface area contributed by atoms with Gasteiger partial charge < -0.3 is 0 Å². The van der Waals surface area contributed by atoms with E-state index in [2.05, 4.69) is 118 Å². The van der Waals surface area contributed by atoms with Gasteiger partial charge in [0.15, 0.2) is 5.65 Å². The topological polar surface area (TPSA) is 84.6 Å². The van der Waals surface area contributed by atoms with Gasteiger partial charge in [-0.2, -0.15) is 10.3 Å². The highest BCUT2D eigenvalue weighted by molar-refractivity contribution is 5.81. The fraction of sp³-hybridized carbons (Fsp3) is 0.265. The number of benzene rings is 3. The predicted molar refractivity (Wildman–Crippen MR) is 161 cm³/mol. The standard InChI is InChI=1S/C34H33N7/c1-22-18-23(2)41-34(35-22)31(32(38-41)28-10-6-7-11-28)20-25-12-15-27(16-13-25)30-21-26(19-24-8-4-3-5-9-24)14-17-29(30)33-36-39-40-37-33/h3-5,8-9,12-18,21,28H,6-7,10-11,19-20H2,1-2H3,(H,36,37,39,40). The maximum Gasteiger partial charge on any atom is 0.205 e. The first-order valence-electron chi connectivity index (χ1n) is 14.5. The molecule has 1 fully saturated rings. The highest BCUT2D eigenvalue weighted by Gasteiger charge is 2.26. The average molecular weight is 540 g/mol. The highest BCUT2D eigenvalue weighted by Crippen LogP contribution is 2.38. The number of fused-ring (bicyclic) bond motifs is 1. The molecule has 1 aliphatic carbocycles. The van der Waals surface area contributed by atoms with Crippen molar-refractivity contribution < 1.29 is 0 Å². The summed E-state index contributed by atoms with van der Waals surface area (Å²) in [5.74, 6) is 1.12. The van der Waals surface area contributed by atoms with Crippen LogP contribution in [0.25, 0.3) is 28.2 Å². The molecule has 0 unspecified atom stereocenters. The lowest BCUT2D eigenvalue weighted by atomic mass is 9.92. The Morgan fingerprint density at radius 3 is 2.32 bits per heavy atom. The normalized spacial score (nSPS) is 13.8. The Balaban J connectivity index is 1.25. The van der Waals surface area contributed by atoms with E-state index in [0.717, 1.165) is 46.6 Å². The number of nitrogens with one attached hydrogen (secondary N) is 1. The van der Waals surface area contributed by atoms with E-state index >= 15 is 0 Å². The molecule has 7 nitrogen and oxygen atoms in total. The first-order chi connectivity index (χ1) is 20.1. The quantitative estimate of drug-likeness (QED) is 0.235. The molecule has 3 heterocycles. The Labute approximate surface area is 239 Å². The number of H-pyrrole nitrogens is 1. The van der Waals surface area contributed by atoms with Crippen molar-refractivity contribution in [1.29, 1.82) is 0 Å². The van der Waals surface area contributed by atoms with E-state index in [1.54, 1.807) is 0 Å². The molecule has 7 rings (SSSR count). The van der Waals surface area contributed by atoms with Crippen LogP contribution in [-0.2, 0) is 12.8 Å². The van der Waals surface area contributed by atoms with Crippen LogP contribution in [0.15, 0.2) is 78.9 Å². The predicted octanol–water partition coefficient (Wildman–Crippen LogP) is 7.03. The van der Waals surface area contributed by atoms with Crippen molar-refractivity contribution in [3.8, 4) is 22.5 Å². The number of aryl methyl sites for hydroxylation is 2. The van der Waals surface area contributed by atoms with Crippen molar-refractivity contribution in [2.75, 3.05) is 0 Å². The Kier molecular flexibility index (Phi) is 6.63. The SMILES string of the molecule is Cc1cc(C)n2nc(C3CCCC3)c(Cc3ccc(-c4cc(Cc5ccccc5)ccc4-c4nn[nH]n4)cc3)c2n1. The summed E-state index contributed by atoms with van der Waals surface area (Å²) in [6, 6.07) is 28.1. The second kappa shape index (κ2) is 10.7. The van der Waals surface area contributed by atoms with Gasteiger partial charge in [0.1, 0.15) is 0 Å². The zero-order chi connectivity index (χ0) is 27.8. The Morgan fingerprint density at radius 2 is 1.56 bits per heavy atom. The number of aromatic nitrogens is 7. The van der Waals surface area contributed by atoms with Crippen molar-refractivity contribution in [2.45, 2.75) is 58.3 Å². The second-order valence-electron chi connectivity index (χ2n) is 11.3. The molecule has 0 amide bonds. The third kappa shape index (κ3) is 5.04. The van der Waals surface area contributed by atoms with Crippen molar-refractivity contribution in [1.82, 2.24) is 35.2 Å². The molecule has 3 aromatic heterocycles. The Morgan fingerprint density at radius 1 is 0.805 bits per heavy atom. The number of hydrogen-bond acceptors (Lipinski definition) is 5. The molecule has 6 aromatic rings. The lowest BCUT2D eigenvalue weighted by Gasteiger charge is -2.12. The van der Waals surface area contributed by atoms with Gasteiger partial charge in [0, 0.05) is 34.9 Å². The van der Waals surface area contributed by atoms with E-state index in [0.29, 0.717) is 11.7 Å². The molecule has 1 aliphatic rings. The summed E-state index contributed by atoms with van der Waals surface area (Å²) in [4.78, 5) is 4.95. The second-order valence-corrected chi connectivity index (χ2v) is 11.3. The van der Waals surface area contributed by atoms with Gasteiger partial charge in [-0.15, -0.1) is 10.2 Å². The van der Waals surface area contributed by atoms with Crippen LogP contribution in [0.5, 0.6) is 0 Å². The monoisotopic (exact) mass is 539 g/mol. The van der Waals surface area contributed by atoms with Crippen molar-refractivity contribution in [3.05, 3.63) is 118 Å². The molecule has 204 valence electrons. The summed E-state index contributed by atoms with van der Waals surface area (Å²) in [6.45, 7) is 4.19. The van der Waals surface area contributed by atoms with Crippen LogP contribution in [0, 0.1) is 13.8 Å². The van der Waals surface area contributed by atoms with Crippen LogP contribution in [0.1, 0.15) is 70.9 Å². The van der Waals surface area contributed by atoms with Gasteiger partial charge in [-0.3, -0.25) is 0 Å². The molecule has 0 radical (unpaired) electrons. The molecule has 0 spiro atoms. The molecule has 0 bridgehead atoms. The van der Waals surface area contributed by atoms with Gasteiger partial charge in [-0.05, 0) is 72.2 Å². The van der Waals surface area contributed by atoms with Crippen LogP contribution in [0.2, 0.25) is 0 Å². The lowest BCUT2D eigenvalue weighted by Crippen LogP contribution is -1.99. The molecule has 3 aromatic carbocycles. The molecular formula is C34H33N7. The van der Waals surface area contributed by atoms with E-state index in [1.807, 2.05) is 0 Å². The molecule has 0 atom stereocenters. The van der Waals surface area contributed by atoms with Crippen LogP contribution < -0.4 is 0 Å². The number of aromatic amines is 1. The number of tetrazole rings is 1. The van der Waals surface area contributed by atoms with Gasteiger partial charge >= 0.3 is 0 Å². The minimum absolute atomic E-state index is 0.524. The van der Waals surface area contributed by atoms with E-state index in [1.165, 1.54) is 53.6 Å². The molecule has 1 N–H and O–H groups in total. The van der Waals surface area contributed by atoms with Gasteiger partial charge in [-0.25, -0.2) is 9.50 Å². The van der Waals surface area contributed by atoms with Crippen LogP contribution >= 0.6 is 0 Å². The number of hydrogen-bond donors (Lipinski definition) is 1. The summed E-state index contributed by atoms with van der Waals surface area (Å²) in [7, 11) is 0. The van der Waals surface area contributed by atoms with E-state index in [4.69, 9.17) is 10.1 Å². The molecule has 7 heteroatoms. The van der Waals surface area contributed by atoms with Crippen molar-refractivity contribution >= 4 is 5.65 Å². The highest BCUT2D eigenvalue weighted by atomic mass is 15.5. The van der Waals surface area contributed by atoms with E-state index < -0.39 is 0 Å². The third-order valence-corrected chi connectivity index (χ3v) is 8.33. The summed E-state index contributed by atoms with van der Waals surface area (Å²) in [6.07, 6.45) is 6.67. The average Bonchev–Trinajstić information content (AvgIpc) is 3.77. The fourth-order valence-corrected chi connectivity index (χ4v) is 6.33. The summed E-state index contributed by atoms with van der Waals surface area (Å²) in [5.41, 5.74) is 12.7. The maximum atomic E-state index is 5.11. The Bertz CT molecular complexity index is 1800. The lowest BCUT2D eigenvalue weighted by molar-refractivity contribution is 0.676. The number of rotatable bonds is 7. The minimum Gasteiger partial charge on any atom is -0.234 e. The smallest absolute Gasteiger partial charge is 0.205 e. The summed E-state index contributed by atoms with van der Waals surface area (Å²) < 4.78 is 2.06. The van der Waals surface area contributed by atoms with E-state index in [9.17, 15) is 0 Å². The zero-order valence-electron chi connectivity index (χ0n) is 23.5. The fourth-order valence-electron chi connectivity index (χ4n) is 6.33. The Hall–Kier alpha value is -4.65. The summed E-state index contributed by atoms with van der Waals surface area (Å²) in [5, 5.41) is 20.1.